The van der Waals surface area contributed by atoms with E-state index in [1.807, 2.05) is 0 Å². The summed E-state index contributed by atoms with van der Waals surface area (Å²) in [6.07, 6.45) is -1.39. The van der Waals surface area contributed by atoms with Crippen molar-refractivity contribution in [2.24, 2.45) is 5.11 Å². The maximum atomic E-state index is 12.7. The third kappa shape index (κ3) is 6.75. The Hall–Kier alpha value is -0.0987. The Morgan fingerprint density at radius 2 is 1.84 bits per heavy atom. The second-order valence-corrected chi connectivity index (χ2v) is 4.72. The van der Waals surface area contributed by atoms with Crippen molar-refractivity contribution in [3.63, 3.8) is 0 Å². The molecule has 0 aliphatic rings. The molecule has 12 heteroatoms. The summed E-state index contributed by atoms with van der Waals surface area (Å²) in [5, 5.41) is 2.96. The van der Waals surface area contributed by atoms with Crippen LogP contribution in [0.5, 0.6) is 0 Å². The maximum absolute atomic E-state index is 12.7. The van der Waals surface area contributed by atoms with E-state index in [4.69, 9.17) is 5.53 Å². The van der Waals surface area contributed by atoms with Gasteiger partial charge in [-0.15, -0.1) is 3.89 Å². The molecule has 0 unspecified atom stereocenters. The Morgan fingerprint density at radius 3 is 2.26 bits per heavy atom. The largest absolute Gasteiger partial charge is 1.00 e. The van der Waals surface area contributed by atoms with Crippen molar-refractivity contribution in [3.05, 3.63) is 34.2 Å². The monoisotopic (exact) mass is 321 g/mol. The molecule has 5 nitrogen and oxygen atoms in total. The molecule has 0 N–H and O–H groups in total. The van der Waals surface area contributed by atoms with Crippen molar-refractivity contribution in [1.29, 1.82) is 0 Å². The molecule has 1 aromatic carbocycles. The summed E-state index contributed by atoms with van der Waals surface area (Å²) in [5.41, 5.74) is 7.25. The smallest absolute Gasteiger partial charge is 0.449 e. The van der Waals surface area contributed by atoms with Crippen LogP contribution in [0, 0.1) is 0 Å². The third-order valence-electron chi connectivity index (χ3n) is 1.86. The summed E-state index contributed by atoms with van der Waals surface area (Å²) < 4.78 is 70.6. The number of benzene rings is 1. The van der Waals surface area contributed by atoms with Crippen LogP contribution in [0.15, 0.2) is 28.2 Å². The van der Waals surface area contributed by atoms with Gasteiger partial charge in [-0.05, 0) is 17.7 Å². The molecular formula is C7H5BF4KN3O2S. The molecule has 0 fully saturated rings. The van der Waals surface area contributed by atoms with E-state index in [1.165, 1.54) is 0 Å². The van der Waals surface area contributed by atoms with Gasteiger partial charge >= 0.3 is 68.6 Å². The molecule has 0 spiro atoms. The van der Waals surface area contributed by atoms with Gasteiger partial charge in [-0.25, -0.2) is 0 Å². The van der Waals surface area contributed by atoms with Gasteiger partial charge in [-0.2, -0.15) is 8.42 Å². The van der Waals surface area contributed by atoms with E-state index < -0.39 is 39.7 Å². The van der Waals surface area contributed by atoms with Crippen molar-refractivity contribution in [2.75, 3.05) is 0 Å². The summed E-state index contributed by atoms with van der Waals surface area (Å²) >= 11 is 0. The molecule has 0 aliphatic heterocycles. The van der Waals surface area contributed by atoms with Crippen LogP contribution in [0.1, 0.15) is 5.56 Å². The van der Waals surface area contributed by atoms with Crippen molar-refractivity contribution in [3.8, 4) is 0 Å². The summed E-state index contributed by atoms with van der Waals surface area (Å²) in [7, 11) is -5.17. The molecule has 0 saturated heterocycles. The van der Waals surface area contributed by atoms with E-state index in [1.54, 1.807) is 0 Å². The quantitative estimate of drug-likeness (QED) is 0.198. The topological polar surface area (TPSA) is 82.9 Å². The van der Waals surface area contributed by atoms with Crippen LogP contribution in [0.25, 0.3) is 10.4 Å². The minimum absolute atomic E-state index is 0. The summed E-state index contributed by atoms with van der Waals surface area (Å²) in [4.78, 5) is 1.33. The predicted molar refractivity (Wildman–Crippen MR) is 56.3 cm³/mol. The van der Waals surface area contributed by atoms with Crippen LogP contribution in [-0.4, -0.2) is 15.4 Å². The molecular weight excluding hydrogens is 316 g/mol. The van der Waals surface area contributed by atoms with E-state index in [9.17, 15) is 25.3 Å². The molecule has 0 amide bonds. The van der Waals surface area contributed by atoms with Crippen LogP contribution >= 0.6 is 0 Å². The molecule has 0 aromatic heterocycles. The van der Waals surface area contributed by atoms with Crippen LogP contribution in [0.4, 0.5) is 22.5 Å². The van der Waals surface area contributed by atoms with Crippen molar-refractivity contribution < 1.29 is 76.6 Å². The molecule has 0 aliphatic carbocycles. The molecule has 0 saturated carbocycles. The Morgan fingerprint density at radius 1 is 1.26 bits per heavy atom. The number of halogens is 4. The molecule has 0 atom stereocenters. The number of azide groups is 1. The summed E-state index contributed by atoms with van der Waals surface area (Å²) in [6.45, 7) is -5.22. The fourth-order valence-corrected chi connectivity index (χ4v) is 1.83. The summed E-state index contributed by atoms with van der Waals surface area (Å²) in [6, 6.07) is 2.06. The Balaban J connectivity index is 0.00000324. The number of hydrogen-bond donors (Lipinski definition) is 0. The van der Waals surface area contributed by atoms with Gasteiger partial charge in [-0.1, -0.05) is 23.1 Å². The minimum atomic E-state index is -5.22. The van der Waals surface area contributed by atoms with Gasteiger partial charge in [0.1, 0.15) is 0 Å². The standard InChI is InChI=1S/C7H5BF4N3O2S.K/c9-8(10,11)4-5-1-6(14-15-13)3-7(2-5)18(12,16)17;/h1-3H,4H2;/q-1;+1. The normalized spacial score (nSPS) is 11.4. The summed E-state index contributed by atoms with van der Waals surface area (Å²) in [5.74, 6) is 0. The van der Waals surface area contributed by atoms with Crippen molar-refractivity contribution in [1.82, 2.24) is 0 Å². The van der Waals surface area contributed by atoms with Crippen LogP contribution in [-0.2, 0) is 16.5 Å². The van der Waals surface area contributed by atoms with Crippen LogP contribution < -0.4 is 51.4 Å². The molecule has 1 aromatic rings. The number of nitrogens with zero attached hydrogens (tertiary/aromatic N) is 3. The van der Waals surface area contributed by atoms with Crippen molar-refractivity contribution in [2.45, 2.75) is 11.2 Å². The van der Waals surface area contributed by atoms with Gasteiger partial charge in [0.25, 0.3) is 0 Å². The SMILES string of the molecule is [K+].[N-]=[N+]=Nc1cc(C[B-](F)(F)F)cc(S(=O)(=O)F)c1. The van der Waals surface area contributed by atoms with Crippen LogP contribution in [0.3, 0.4) is 0 Å². The van der Waals surface area contributed by atoms with Gasteiger partial charge < -0.3 is 12.9 Å². The number of hydrogen-bond acceptors (Lipinski definition) is 3. The van der Waals surface area contributed by atoms with E-state index in [0.29, 0.717) is 12.1 Å². The Labute approximate surface area is 148 Å². The second kappa shape index (κ2) is 7.07. The third-order valence-corrected chi connectivity index (χ3v) is 2.66. The minimum Gasteiger partial charge on any atom is -0.449 e. The first-order valence-corrected chi connectivity index (χ1v) is 5.85. The van der Waals surface area contributed by atoms with E-state index in [-0.39, 0.29) is 51.4 Å². The average Bonchev–Trinajstić information content (AvgIpc) is 2.13. The first-order valence-electron chi connectivity index (χ1n) is 4.46. The molecule has 98 valence electrons. The first kappa shape index (κ1) is 18.9. The predicted octanol–water partition coefficient (Wildman–Crippen LogP) is 0.220. The maximum Gasteiger partial charge on any atom is 1.00 e. The zero-order valence-corrected chi connectivity index (χ0v) is 13.5. The van der Waals surface area contributed by atoms with E-state index in [2.05, 4.69) is 10.0 Å². The fraction of sp³-hybridized carbons (Fsp3) is 0.143. The average molecular weight is 321 g/mol. The van der Waals surface area contributed by atoms with Gasteiger partial charge in [0.2, 0.25) is 0 Å². The molecule has 0 heterocycles. The molecule has 0 radical (unpaired) electrons. The van der Waals surface area contributed by atoms with Gasteiger partial charge in [0, 0.05) is 10.6 Å². The number of rotatable bonds is 4. The molecule has 19 heavy (non-hydrogen) atoms. The van der Waals surface area contributed by atoms with Gasteiger partial charge in [0.05, 0.1) is 4.90 Å². The van der Waals surface area contributed by atoms with E-state index >= 15 is 0 Å². The fourth-order valence-electron chi connectivity index (χ4n) is 1.28. The Kier molecular flexibility index (Phi) is 7.03. The van der Waals surface area contributed by atoms with Crippen molar-refractivity contribution >= 4 is 22.9 Å². The van der Waals surface area contributed by atoms with E-state index in [0.717, 1.165) is 6.07 Å². The molecule has 0 bridgehead atoms. The van der Waals surface area contributed by atoms with Gasteiger partial charge in [-0.3, -0.25) is 0 Å². The molecule has 1 rings (SSSR count). The first-order chi connectivity index (χ1) is 8.12. The zero-order chi connectivity index (χ0) is 14.0. The van der Waals surface area contributed by atoms with Gasteiger partial charge in [0.15, 0.2) is 0 Å². The second-order valence-electron chi connectivity index (χ2n) is 3.38. The Bertz CT molecular complexity index is 615. The zero-order valence-electron chi connectivity index (χ0n) is 9.59. The van der Waals surface area contributed by atoms with Crippen LogP contribution in [0.2, 0.25) is 0 Å².